The maximum atomic E-state index is 14.6. The molecule has 0 radical (unpaired) electrons. The highest BCUT2D eigenvalue weighted by Crippen LogP contribution is 2.34. The standard InChI is InChI=1S/C24H29F/c1-3-5-7-18-9-11-21-17-22(13-12-20(21)15-18)23-14-10-19(8-6-4-2)16-24(23)25/h3,9-11,14-16,22H,1,4-8,12-13,17H2,2H3. The van der Waals surface area contributed by atoms with Crippen LogP contribution in [0.4, 0.5) is 4.39 Å². The van der Waals surface area contributed by atoms with E-state index in [0.717, 1.165) is 62.5 Å². The molecule has 2 aromatic carbocycles. The lowest BCUT2D eigenvalue weighted by Crippen LogP contribution is -2.14. The van der Waals surface area contributed by atoms with Gasteiger partial charge >= 0.3 is 0 Å². The second-order valence-corrected chi connectivity index (χ2v) is 7.33. The fourth-order valence-corrected chi connectivity index (χ4v) is 3.94. The number of fused-ring (bicyclic) bond motifs is 1. The van der Waals surface area contributed by atoms with Crippen molar-refractivity contribution in [2.75, 3.05) is 0 Å². The predicted octanol–water partition coefficient (Wildman–Crippen LogP) is 6.56. The highest BCUT2D eigenvalue weighted by atomic mass is 19.1. The van der Waals surface area contributed by atoms with Gasteiger partial charge in [-0.3, -0.25) is 0 Å². The first-order valence-corrected chi connectivity index (χ1v) is 9.71. The van der Waals surface area contributed by atoms with E-state index in [4.69, 9.17) is 0 Å². The molecule has 0 aliphatic heterocycles. The Morgan fingerprint density at radius 3 is 2.64 bits per heavy atom. The third-order valence-corrected chi connectivity index (χ3v) is 5.46. The Morgan fingerprint density at radius 2 is 1.88 bits per heavy atom. The Kier molecular flexibility index (Phi) is 6.07. The Morgan fingerprint density at radius 1 is 1.08 bits per heavy atom. The minimum atomic E-state index is -0.00958. The van der Waals surface area contributed by atoms with Gasteiger partial charge in [0.1, 0.15) is 5.82 Å². The zero-order valence-corrected chi connectivity index (χ0v) is 15.4. The highest BCUT2D eigenvalue weighted by Gasteiger charge is 2.22. The fraction of sp³-hybridized carbons (Fsp3) is 0.417. The zero-order chi connectivity index (χ0) is 17.6. The van der Waals surface area contributed by atoms with Gasteiger partial charge in [0.2, 0.25) is 0 Å². The van der Waals surface area contributed by atoms with Crippen LogP contribution in [0, 0.1) is 5.82 Å². The molecule has 132 valence electrons. The van der Waals surface area contributed by atoms with Crippen molar-refractivity contribution in [3.63, 3.8) is 0 Å². The van der Waals surface area contributed by atoms with Crippen LogP contribution in [0.25, 0.3) is 0 Å². The van der Waals surface area contributed by atoms with Crippen LogP contribution >= 0.6 is 0 Å². The Bertz CT molecular complexity index is 729. The summed E-state index contributed by atoms with van der Waals surface area (Å²) in [5, 5.41) is 0. The van der Waals surface area contributed by atoms with Gasteiger partial charge in [0.05, 0.1) is 0 Å². The maximum Gasteiger partial charge on any atom is 0.126 e. The summed E-state index contributed by atoms with van der Waals surface area (Å²) < 4.78 is 14.6. The summed E-state index contributed by atoms with van der Waals surface area (Å²) in [5.41, 5.74) is 6.28. The normalized spacial score (nSPS) is 16.5. The molecule has 2 aromatic rings. The first-order valence-electron chi connectivity index (χ1n) is 9.71. The Hall–Kier alpha value is -1.89. The number of rotatable bonds is 7. The molecule has 0 heterocycles. The van der Waals surface area contributed by atoms with E-state index in [1.807, 2.05) is 12.1 Å². The second kappa shape index (κ2) is 8.47. The number of allylic oxidation sites excluding steroid dienone is 1. The third-order valence-electron chi connectivity index (χ3n) is 5.46. The van der Waals surface area contributed by atoms with Crippen molar-refractivity contribution in [3.05, 3.63) is 82.7 Å². The minimum Gasteiger partial charge on any atom is -0.207 e. The van der Waals surface area contributed by atoms with Crippen molar-refractivity contribution in [2.24, 2.45) is 0 Å². The van der Waals surface area contributed by atoms with E-state index >= 15 is 0 Å². The van der Waals surface area contributed by atoms with Crippen molar-refractivity contribution in [3.8, 4) is 0 Å². The molecule has 1 unspecified atom stereocenters. The lowest BCUT2D eigenvalue weighted by molar-refractivity contribution is 0.532. The molecule has 0 N–H and O–H groups in total. The summed E-state index contributed by atoms with van der Waals surface area (Å²) in [7, 11) is 0. The molecule has 0 bridgehead atoms. The first kappa shape index (κ1) is 17.9. The molecule has 0 fully saturated rings. The van der Waals surface area contributed by atoms with Crippen LogP contribution in [-0.2, 0) is 25.7 Å². The molecule has 1 aliphatic carbocycles. The molecule has 1 aliphatic rings. The highest BCUT2D eigenvalue weighted by molar-refractivity contribution is 5.38. The van der Waals surface area contributed by atoms with Gasteiger partial charge in [-0.15, -0.1) is 6.58 Å². The van der Waals surface area contributed by atoms with E-state index in [-0.39, 0.29) is 5.82 Å². The van der Waals surface area contributed by atoms with E-state index < -0.39 is 0 Å². The number of benzene rings is 2. The van der Waals surface area contributed by atoms with Crippen LogP contribution in [0.3, 0.4) is 0 Å². The van der Waals surface area contributed by atoms with E-state index in [0.29, 0.717) is 5.92 Å². The van der Waals surface area contributed by atoms with Crippen molar-refractivity contribution >= 4 is 0 Å². The lowest BCUT2D eigenvalue weighted by atomic mass is 9.79. The average Bonchev–Trinajstić information content (AvgIpc) is 2.64. The maximum absolute atomic E-state index is 14.6. The SMILES string of the molecule is C=CCCc1ccc2c(c1)CCC(c1ccc(CCCC)cc1F)C2. The first-order chi connectivity index (χ1) is 12.2. The zero-order valence-electron chi connectivity index (χ0n) is 15.4. The molecule has 1 atom stereocenters. The third kappa shape index (κ3) is 4.39. The average molecular weight is 336 g/mol. The largest absolute Gasteiger partial charge is 0.207 e. The fourth-order valence-electron chi connectivity index (χ4n) is 3.94. The van der Waals surface area contributed by atoms with Crippen molar-refractivity contribution in [2.45, 2.75) is 64.2 Å². The van der Waals surface area contributed by atoms with E-state index in [1.165, 1.54) is 16.7 Å². The summed E-state index contributed by atoms with van der Waals surface area (Å²) in [6, 6.07) is 12.8. The van der Waals surface area contributed by atoms with Crippen LogP contribution in [0.15, 0.2) is 49.1 Å². The number of unbranched alkanes of at least 4 members (excludes halogenated alkanes) is 1. The van der Waals surface area contributed by atoms with Gasteiger partial charge in [-0.25, -0.2) is 4.39 Å². The minimum absolute atomic E-state index is 0.00958. The molecular weight excluding hydrogens is 307 g/mol. The van der Waals surface area contributed by atoms with Gasteiger partial charge in [-0.05, 0) is 84.7 Å². The molecule has 1 heteroatoms. The molecule has 25 heavy (non-hydrogen) atoms. The van der Waals surface area contributed by atoms with Gasteiger partial charge in [0.25, 0.3) is 0 Å². The van der Waals surface area contributed by atoms with Crippen LogP contribution < -0.4 is 0 Å². The second-order valence-electron chi connectivity index (χ2n) is 7.33. The number of aryl methyl sites for hydroxylation is 3. The predicted molar refractivity (Wildman–Crippen MR) is 105 cm³/mol. The van der Waals surface area contributed by atoms with Crippen LogP contribution in [0.1, 0.15) is 66.3 Å². The Labute approximate surface area is 151 Å². The van der Waals surface area contributed by atoms with Crippen LogP contribution in [0.2, 0.25) is 0 Å². The van der Waals surface area contributed by atoms with Gasteiger partial charge in [-0.2, -0.15) is 0 Å². The molecule has 0 amide bonds. The number of halogens is 1. The van der Waals surface area contributed by atoms with Crippen molar-refractivity contribution in [1.29, 1.82) is 0 Å². The molecule has 0 saturated carbocycles. The van der Waals surface area contributed by atoms with Gasteiger partial charge in [-0.1, -0.05) is 49.8 Å². The smallest absolute Gasteiger partial charge is 0.126 e. The molecule has 3 rings (SSSR count). The number of hydrogen-bond acceptors (Lipinski definition) is 0. The summed E-state index contributed by atoms with van der Waals surface area (Å²) in [5.74, 6) is 0.302. The summed E-state index contributed by atoms with van der Waals surface area (Å²) >= 11 is 0. The van der Waals surface area contributed by atoms with E-state index in [9.17, 15) is 4.39 Å². The molecule has 0 saturated heterocycles. The number of hydrogen-bond donors (Lipinski definition) is 0. The summed E-state index contributed by atoms with van der Waals surface area (Å²) in [6.07, 6.45) is 10.4. The van der Waals surface area contributed by atoms with Gasteiger partial charge in [0.15, 0.2) is 0 Å². The van der Waals surface area contributed by atoms with Gasteiger partial charge in [0, 0.05) is 0 Å². The molecular formula is C24H29F. The van der Waals surface area contributed by atoms with E-state index in [1.54, 1.807) is 6.07 Å². The van der Waals surface area contributed by atoms with Crippen LogP contribution in [-0.4, -0.2) is 0 Å². The quantitative estimate of drug-likeness (QED) is 0.502. The summed E-state index contributed by atoms with van der Waals surface area (Å²) in [4.78, 5) is 0. The molecule has 0 nitrogen and oxygen atoms in total. The van der Waals surface area contributed by atoms with E-state index in [2.05, 4.69) is 37.8 Å². The summed E-state index contributed by atoms with van der Waals surface area (Å²) in [6.45, 7) is 5.98. The van der Waals surface area contributed by atoms with Gasteiger partial charge < -0.3 is 0 Å². The van der Waals surface area contributed by atoms with Crippen molar-refractivity contribution in [1.82, 2.24) is 0 Å². The van der Waals surface area contributed by atoms with Crippen molar-refractivity contribution < 1.29 is 4.39 Å². The lowest BCUT2D eigenvalue weighted by Gasteiger charge is -2.26. The topological polar surface area (TPSA) is 0 Å². The monoisotopic (exact) mass is 336 g/mol. The van der Waals surface area contributed by atoms with Crippen LogP contribution in [0.5, 0.6) is 0 Å². The Balaban J connectivity index is 1.73. The molecule has 0 spiro atoms. The molecule has 0 aromatic heterocycles.